The standard InChI is InChI=1S/C20H17F4N3O2/c1-27-10-9-25-19(27)18(15-7-2-3-8-16(15)21)26-17(28)12-29-14-6-4-5-13(11-14)20(22,23)24/h2-11,18H,12H2,1H3,(H,26,28). The molecule has 5 nitrogen and oxygen atoms in total. The van der Waals surface area contributed by atoms with Crippen LogP contribution in [-0.4, -0.2) is 22.1 Å². The van der Waals surface area contributed by atoms with Crippen LogP contribution in [0.25, 0.3) is 0 Å². The summed E-state index contributed by atoms with van der Waals surface area (Å²) in [6.07, 6.45) is -1.36. The van der Waals surface area contributed by atoms with Crippen LogP contribution < -0.4 is 10.1 Å². The van der Waals surface area contributed by atoms with E-state index in [-0.39, 0.29) is 11.3 Å². The second-order valence-electron chi connectivity index (χ2n) is 6.23. The summed E-state index contributed by atoms with van der Waals surface area (Å²) in [5.41, 5.74) is -0.679. The molecule has 1 atom stereocenters. The summed E-state index contributed by atoms with van der Waals surface area (Å²) in [6, 6.07) is 9.24. The number of alkyl halides is 3. The number of ether oxygens (including phenoxy) is 1. The number of halogens is 4. The van der Waals surface area contributed by atoms with Gasteiger partial charge in [-0.3, -0.25) is 4.79 Å². The first-order valence-corrected chi connectivity index (χ1v) is 8.57. The van der Waals surface area contributed by atoms with Crippen molar-refractivity contribution in [3.05, 3.63) is 83.7 Å². The van der Waals surface area contributed by atoms with Crippen molar-refractivity contribution in [1.82, 2.24) is 14.9 Å². The quantitative estimate of drug-likeness (QED) is 0.632. The SMILES string of the molecule is Cn1ccnc1C(NC(=O)COc1cccc(C(F)(F)F)c1)c1ccccc1F. The van der Waals surface area contributed by atoms with Crippen molar-refractivity contribution in [2.45, 2.75) is 12.2 Å². The number of rotatable bonds is 6. The van der Waals surface area contributed by atoms with Crippen LogP contribution in [0.2, 0.25) is 0 Å². The lowest BCUT2D eigenvalue weighted by Crippen LogP contribution is -2.35. The smallest absolute Gasteiger partial charge is 0.416 e. The van der Waals surface area contributed by atoms with Gasteiger partial charge in [-0.2, -0.15) is 13.2 Å². The Balaban J connectivity index is 1.75. The zero-order valence-corrected chi connectivity index (χ0v) is 15.3. The Labute approximate surface area is 163 Å². The molecule has 1 N–H and O–H groups in total. The van der Waals surface area contributed by atoms with E-state index in [4.69, 9.17) is 4.74 Å². The van der Waals surface area contributed by atoms with Crippen LogP contribution in [0.1, 0.15) is 23.0 Å². The number of nitrogens with one attached hydrogen (secondary N) is 1. The van der Waals surface area contributed by atoms with Gasteiger partial charge in [0.05, 0.1) is 5.56 Å². The lowest BCUT2D eigenvalue weighted by atomic mass is 10.1. The summed E-state index contributed by atoms with van der Waals surface area (Å²) in [7, 11) is 1.70. The van der Waals surface area contributed by atoms with Gasteiger partial charge in [-0.25, -0.2) is 9.37 Å². The molecule has 0 aliphatic carbocycles. The number of carbonyl (C=O) groups excluding carboxylic acids is 1. The predicted molar refractivity (Wildman–Crippen MR) is 96.5 cm³/mol. The lowest BCUT2D eigenvalue weighted by Gasteiger charge is -2.20. The zero-order chi connectivity index (χ0) is 21.0. The number of hydrogen-bond donors (Lipinski definition) is 1. The summed E-state index contributed by atoms with van der Waals surface area (Å²) in [5, 5.41) is 2.62. The topological polar surface area (TPSA) is 56.2 Å². The van der Waals surface area contributed by atoms with Gasteiger partial charge in [0, 0.05) is 25.0 Å². The van der Waals surface area contributed by atoms with Gasteiger partial charge in [0.15, 0.2) is 6.61 Å². The van der Waals surface area contributed by atoms with Gasteiger partial charge < -0.3 is 14.6 Å². The summed E-state index contributed by atoms with van der Waals surface area (Å²) in [4.78, 5) is 16.5. The number of aryl methyl sites for hydroxylation is 1. The Kier molecular flexibility index (Phi) is 5.86. The highest BCUT2D eigenvalue weighted by Crippen LogP contribution is 2.31. The molecule has 1 unspecified atom stereocenters. The normalized spacial score (nSPS) is 12.4. The van der Waals surface area contributed by atoms with E-state index >= 15 is 0 Å². The van der Waals surface area contributed by atoms with E-state index in [1.165, 1.54) is 36.5 Å². The van der Waals surface area contributed by atoms with E-state index in [0.717, 1.165) is 12.1 Å². The molecule has 0 bridgehead atoms. The largest absolute Gasteiger partial charge is 0.484 e. The molecule has 0 spiro atoms. The molecule has 1 amide bonds. The molecule has 1 aromatic heterocycles. The minimum Gasteiger partial charge on any atom is -0.484 e. The Morgan fingerprint density at radius 1 is 1.21 bits per heavy atom. The molecule has 9 heteroatoms. The van der Waals surface area contributed by atoms with Gasteiger partial charge in [0.2, 0.25) is 0 Å². The lowest BCUT2D eigenvalue weighted by molar-refractivity contribution is -0.137. The van der Waals surface area contributed by atoms with Crippen LogP contribution in [0, 0.1) is 5.82 Å². The van der Waals surface area contributed by atoms with E-state index in [9.17, 15) is 22.4 Å². The maximum absolute atomic E-state index is 14.3. The molecule has 0 radical (unpaired) electrons. The maximum Gasteiger partial charge on any atom is 0.416 e. The van der Waals surface area contributed by atoms with Gasteiger partial charge in [-0.15, -0.1) is 0 Å². The Bertz CT molecular complexity index is 1000. The van der Waals surface area contributed by atoms with E-state index in [0.29, 0.717) is 5.82 Å². The molecule has 29 heavy (non-hydrogen) atoms. The molecule has 3 rings (SSSR count). The first-order chi connectivity index (χ1) is 13.8. The minimum atomic E-state index is -4.52. The van der Waals surface area contributed by atoms with Crippen LogP contribution in [0.4, 0.5) is 17.6 Å². The first kappa shape index (κ1) is 20.4. The molecule has 0 aliphatic heterocycles. The zero-order valence-electron chi connectivity index (χ0n) is 15.3. The molecular formula is C20H17F4N3O2. The molecule has 0 saturated carbocycles. The average Bonchev–Trinajstić information content (AvgIpc) is 3.10. The van der Waals surface area contributed by atoms with Crippen molar-refractivity contribution >= 4 is 5.91 Å². The molecule has 0 aliphatic rings. The third-order valence-electron chi connectivity index (χ3n) is 4.17. The summed E-state index contributed by atoms with van der Waals surface area (Å²) < 4.78 is 59.4. The number of nitrogens with zero attached hydrogens (tertiary/aromatic N) is 2. The number of hydrogen-bond acceptors (Lipinski definition) is 3. The molecule has 2 aromatic carbocycles. The van der Waals surface area contributed by atoms with Crippen molar-refractivity contribution in [3.8, 4) is 5.75 Å². The summed E-state index contributed by atoms with van der Waals surface area (Å²) in [5.74, 6) is -0.879. The predicted octanol–water partition coefficient (Wildman–Crippen LogP) is 3.86. The second kappa shape index (κ2) is 8.34. The van der Waals surface area contributed by atoms with E-state index in [1.54, 1.807) is 23.9 Å². The number of carbonyl (C=O) groups is 1. The average molecular weight is 407 g/mol. The number of imidazole rings is 1. The summed E-state index contributed by atoms with van der Waals surface area (Å²) >= 11 is 0. The van der Waals surface area contributed by atoms with E-state index < -0.39 is 36.1 Å². The molecule has 0 saturated heterocycles. The highest BCUT2D eigenvalue weighted by Gasteiger charge is 2.30. The Hall–Kier alpha value is -3.36. The van der Waals surface area contributed by atoms with Crippen molar-refractivity contribution in [2.75, 3.05) is 6.61 Å². The molecular weight excluding hydrogens is 390 g/mol. The number of benzene rings is 2. The van der Waals surface area contributed by atoms with Gasteiger partial charge in [0.1, 0.15) is 23.4 Å². The third-order valence-corrected chi connectivity index (χ3v) is 4.17. The van der Waals surface area contributed by atoms with Crippen LogP contribution in [0.3, 0.4) is 0 Å². The minimum absolute atomic E-state index is 0.102. The number of amides is 1. The summed E-state index contributed by atoms with van der Waals surface area (Å²) in [6.45, 7) is -0.545. The highest BCUT2D eigenvalue weighted by atomic mass is 19.4. The molecule has 152 valence electrons. The van der Waals surface area contributed by atoms with Crippen molar-refractivity contribution in [2.24, 2.45) is 7.05 Å². The van der Waals surface area contributed by atoms with Gasteiger partial charge in [0.25, 0.3) is 5.91 Å². The van der Waals surface area contributed by atoms with Crippen LogP contribution in [0.5, 0.6) is 5.75 Å². The molecule has 1 heterocycles. The second-order valence-corrected chi connectivity index (χ2v) is 6.23. The van der Waals surface area contributed by atoms with Gasteiger partial charge in [-0.1, -0.05) is 24.3 Å². The number of aromatic nitrogens is 2. The van der Waals surface area contributed by atoms with Crippen molar-refractivity contribution in [3.63, 3.8) is 0 Å². The van der Waals surface area contributed by atoms with Crippen molar-refractivity contribution in [1.29, 1.82) is 0 Å². The molecule has 0 fully saturated rings. The van der Waals surface area contributed by atoms with E-state index in [1.807, 2.05) is 0 Å². The highest BCUT2D eigenvalue weighted by molar-refractivity contribution is 5.78. The van der Waals surface area contributed by atoms with Crippen LogP contribution in [-0.2, 0) is 18.0 Å². The van der Waals surface area contributed by atoms with Crippen LogP contribution >= 0.6 is 0 Å². The van der Waals surface area contributed by atoms with Crippen LogP contribution in [0.15, 0.2) is 60.9 Å². The fourth-order valence-electron chi connectivity index (χ4n) is 2.76. The monoisotopic (exact) mass is 407 g/mol. The molecule has 3 aromatic rings. The van der Waals surface area contributed by atoms with E-state index in [2.05, 4.69) is 10.3 Å². The Morgan fingerprint density at radius 3 is 2.62 bits per heavy atom. The van der Waals surface area contributed by atoms with Gasteiger partial charge in [-0.05, 0) is 24.3 Å². The van der Waals surface area contributed by atoms with Gasteiger partial charge >= 0.3 is 6.18 Å². The fourth-order valence-corrected chi connectivity index (χ4v) is 2.76. The Morgan fingerprint density at radius 2 is 1.97 bits per heavy atom. The van der Waals surface area contributed by atoms with Crippen molar-refractivity contribution < 1.29 is 27.1 Å². The maximum atomic E-state index is 14.3. The fraction of sp³-hybridized carbons (Fsp3) is 0.200. The third kappa shape index (κ3) is 4.92. The first-order valence-electron chi connectivity index (χ1n) is 8.57.